The van der Waals surface area contributed by atoms with Crippen molar-refractivity contribution in [3.8, 4) is 0 Å². The summed E-state index contributed by atoms with van der Waals surface area (Å²) in [6, 6.07) is 0. The van der Waals surface area contributed by atoms with Gasteiger partial charge in [0.25, 0.3) is 0 Å². The summed E-state index contributed by atoms with van der Waals surface area (Å²) < 4.78 is 5.15. The van der Waals surface area contributed by atoms with E-state index in [1.807, 2.05) is 9.80 Å². The zero-order chi connectivity index (χ0) is 12.2. The predicted molar refractivity (Wildman–Crippen MR) is 59.9 cm³/mol. The Morgan fingerprint density at radius 3 is 1.94 bits per heavy atom. The Kier molecular flexibility index (Phi) is 2.05. The van der Waals surface area contributed by atoms with E-state index < -0.39 is 0 Å². The highest BCUT2D eigenvalue weighted by atomic mass is 16.5. The lowest BCUT2D eigenvalue weighted by Crippen LogP contribution is -2.30. The Morgan fingerprint density at radius 1 is 0.941 bits per heavy atom. The number of ketones is 2. The molecule has 17 heavy (non-hydrogen) atoms. The minimum atomic E-state index is -0.149. The summed E-state index contributed by atoms with van der Waals surface area (Å²) in [5.74, 6) is -0.00940. The van der Waals surface area contributed by atoms with E-state index in [0.717, 1.165) is 26.2 Å². The van der Waals surface area contributed by atoms with Gasteiger partial charge in [-0.15, -0.1) is 0 Å². The molecule has 0 amide bonds. The summed E-state index contributed by atoms with van der Waals surface area (Å²) in [7, 11) is 1.45. The third-order valence-electron chi connectivity index (χ3n) is 3.28. The third kappa shape index (κ3) is 1.45. The molecule has 2 fully saturated rings. The van der Waals surface area contributed by atoms with Crippen molar-refractivity contribution >= 4 is 11.6 Å². The van der Waals surface area contributed by atoms with Crippen LogP contribution in [0.15, 0.2) is 22.7 Å². The number of ether oxygens (including phenoxy) is 1. The molecule has 0 spiro atoms. The largest absolute Gasteiger partial charge is 0.491 e. The highest BCUT2D eigenvalue weighted by Crippen LogP contribution is 2.33. The molecule has 0 unspecified atom stereocenters. The van der Waals surface area contributed by atoms with Crippen LogP contribution in [0.4, 0.5) is 0 Å². The van der Waals surface area contributed by atoms with E-state index in [2.05, 4.69) is 0 Å². The van der Waals surface area contributed by atoms with Crippen LogP contribution in [0, 0.1) is 0 Å². The van der Waals surface area contributed by atoms with Crippen molar-refractivity contribution in [2.24, 2.45) is 0 Å². The van der Waals surface area contributed by atoms with Crippen LogP contribution in [-0.4, -0.2) is 54.7 Å². The molecule has 5 nitrogen and oxygen atoms in total. The Labute approximate surface area is 99.3 Å². The fourth-order valence-corrected chi connectivity index (χ4v) is 2.18. The summed E-state index contributed by atoms with van der Waals surface area (Å²) in [6.45, 7) is 5.08. The average molecular weight is 234 g/mol. The first-order valence-corrected chi connectivity index (χ1v) is 5.73. The predicted octanol–water partition coefficient (Wildman–Crippen LogP) is -0.0986. The first kappa shape index (κ1) is 10.4. The molecule has 2 saturated heterocycles. The van der Waals surface area contributed by atoms with Crippen LogP contribution >= 0.6 is 0 Å². The molecular formula is C12H14N2O3. The van der Waals surface area contributed by atoms with E-state index in [4.69, 9.17) is 4.74 Å². The number of allylic oxidation sites excluding steroid dienone is 1. The summed E-state index contributed by atoms with van der Waals surface area (Å²) in [5, 5.41) is 0. The lowest BCUT2D eigenvalue weighted by molar-refractivity contribution is -0.120. The van der Waals surface area contributed by atoms with Gasteiger partial charge in [0.05, 0.1) is 12.8 Å². The zero-order valence-electron chi connectivity index (χ0n) is 9.95. The van der Waals surface area contributed by atoms with E-state index >= 15 is 0 Å². The summed E-state index contributed by atoms with van der Waals surface area (Å²) in [6.07, 6.45) is 0. The average Bonchev–Trinajstić information content (AvgIpc) is 3.14. The molecule has 1 aliphatic carbocycles. The Bertz CT molecular complexity index is 482. The van der Waals surface area contributed by atoms with Gasteiger partial charge in [0.1, 0.15) is 5.70 Å². The first-order chi connectivity index (χ1) is 8.15. The van der Waals surface area contributed by atoms with E-state index in [1.54, 1.807) is 6.92 Å². The van der Waals surface area contributed by atoms with Gasteiger partial charge in [0.15, 0.2) is 5.76 Å². The Morgan fingerprint density at radius 2 is 1.47 bits per heavy atom. The molecule has 2 aliphatic heterocycles. The molecule has 0 aromatic carbocycles. The standard InChI is InChI=1S/C12H14N2O3/c1-7-8(13-3-4-13)11(16)12(17-2)9(10(7)15)14-5-6-14/h3-6H2,1-2H3. The smallest absolute Gasteiger partial charge is 0.246 e. The van der Waals surface area contributed by atoms with Crippen molar-refractivity contribution in [3.05, 3.63) is 22.7 Å². The van der Waals surface area contributed by atoms with Crippen LogP contribution in [0.5, 0.6) is 0 Å². The van der Waals surface area contributed by atoms with Gasteiger partial charge in [-0.1, -0.05) is 0 Å². The van der Waals surface area contributed by atoms with E-state index in [0.29, 0.717) is 17.0 Å². The normalized spacial score (nSPS) is 23.6. The molecule has 0 N–H and O–H groups in total. The Hall–Kier alpha value is -1.78. The molecule has 0 radical (unpaired) electrons. The van der Waals surface area contributed by atoms with Crippen molar-refractivity contribution in [1.82, 2.24) is 9.80 Å². The second kappa shape index (κ2) is 3.35. The van der Waals surface area contributed by atoms with Crippen LogP contribution in [0.1, 0.15) is 6.92 Å². The molecule has 5 heteroatoms. The third-order valence-corrected chi connectivity index (χ3v) is 3.28. The van der Waals surface area contributed by atoms with E-state index in [-0.39, 0.29) is 17.3 Å². The molecule has 90 valence electrons. The maximum atomic E-state index is 12.3. The molecule has 3 aliphatic rings. The maximum Gasteiger partial charge on any atom is 0.246 e. The maximum absolute atomic E-state index is 12.3. The van der Waals surface area contributed by atoms with Gasteiger partial charge in [-0.2, -0.15) is 0 Å². The molecule has 0 atom stereocenters. The number of carbonyl (C=O) groups is 2. The molecule has 0 aromatic heterocycles. The number of carbonyl (C=O) groups excluding carboxylic acids is 2. The minimum Gasteiger partial charge on any atom is -0.491 e. The second-order valence-electron chi connectivity index (χ2n) is 4.49. The number of nitrogens with zero attached hydrogens (tertiary/aromatic N) is 2. The highest BCUT2D eigenvalue weighted by molar-refractivity contribution is 6.23. The van der Waals surface area contributed by atoms with Crippen LogP contribution in [-0.2, 0) is 14.3 Å². The quantitative estimate of drug-likeness (QED) is 0.504. The number of methoxy groups -OCH3 is 1. The fourth-order valence-electron chi connectivity index (χ4n) is 2.18. The second-order valence-corrected chi connectivity index (χ2v) is 4.49. The van der Waals surface area contributed by atoms with Gasteiger partial charge in [0.2, 0.25) is 11.6 Å². The summed E-state index contributed by atoms with van der Waals surface area (Å²) >= 11 is 0. The van der Waals surface area contributed by atoms with Gasteiger partial charge in [-0.05, 0) is 6.92 Å². The molecule has 0 aromatic rings. The van der Waals surface area contributed by atoms with Crippen molar-refractivity contribution in [1.29, 1.82) is 0 Å². The van der Waals surface area contributed by atoms with Gasteiger partial charge >= 0.3 is 0 Å². The van der Waals surface area contributed by atoms with Gasteiger partial charge in [-0.3, -0.25) is 9.59 Å². The molecule has 0 bridgehead atoms. The number of hydrogen-bond donors (Lipinski definition) is 0. The topological polar surface area (TPSA) is 49.4 Å². The van der Waals surface area contributed by atoms with Crippen molar-refractivity contribution < 1.29 is 14.3 Å². The van der Waals surface area contributed by atoms with Crippen LogP contribution in [0.3, 0.4) is 0 Å². The summed E-state index contributed by atoms with van der Waals surface area (Å²) in [4.78, 5) is 28.3. The first-order valence-electron chi connectivity index (χ1n) is 5.73. The summed E-state index contributed by atoms with van der Waals surface area (Å²) in [5.41, 5.74) is 1.52. The van der Waals surface area contributed by atoms with Crippen molar-refractivity contribution in [2.75, 3.05) is 33.3 Å². The van der Waals surface area contributed by atoms with Gasteiger partial charge in [0, 0.05) is 31.8 Å². The number of hydrogen-bond acceptors (Lipinski definition) is 5. The molecule has 0 saturated carbocycles. The van der Waals surface area contributed by atoms with E-state index in [1.165, 1.54) is 7.11 Å². The molecule has 3 rings (SSSR count). The van der Waals surface area contributed by atoms with Crippen molar-refractivity contribution in [2.45, 2.75) is 6.92 Å². The Balaban J connectivity index is 2.07. The number of Topliss-reactive ketones (excluding diaryl/α,β-unsaturated/α-hetero) is 2. The fraction of sp³-hybridized carbons (Fsp3) is 0.500. The lowest BCUT2D eigenvalue weighted by atomic mass is 9.96. The van der Waals surface area contributed by atoms with Crippen LogP contribution < -0.4 is 0 Å². The van der Waals surface area contributed by atoms with Gasteiger partial charge in [-0.25, -0.2) is 0 Å². The molecular weight excluding hydrogens is 220 g/mol. The van der Waals surface area contributed by atoms with E-state index in [9.17, 15) is 9.59 Å². The lowest BCUT2D eigenvalue weighted by Gasteiger charge is -2.22. The minimum absolute atomic E-state index is 0.0687. The SMILES string of the molecule is COC1=C(N2CC2)C(=O)C(C)=C(N2CC2)C1=O. The van der Waals surface area contributed by atoms with Crippen LogP contribution in [0.25, 0.3) is 0 Å². The number of rotatable bonds is 3. The zero-order valence-corrected chi connectivity index (χ0v) is 9.95. The van der Waals surface area contributed by atoms with Crippen molar-refractivity contribution in [3.63, 3.8) is 0 Å². The van der Waals surface area contributed by atoms with Crippen LogP contribution in [0.2, 0.25) is 0 Å². The van der Waals surface area contributed by atoms with Gasteiger partial charge < -0.3 is 14.5 Å². The highest BCUT2D eigenvalue weighted by Gasteiger charge is 2.43. The monoisotopic (exact) mass is 234 g/mol. The molecule has 2 heterocycles.